The van der Waals surface area contributed by atoms with E-state index in [1.165, 1.54) is 19.3 Å². The Morgan fingerprint density at radius 1 is 1.64 bits per heavy atom. The number of aryl methyl sites for hydroxylation is 1. The second-order valence-electron chi connectivity index (χ2n) is 4.10. The first kappa shape index (κ1) is 9.99. The molecular formula is C10H16ClN3. The summed E-state index contributed by atoms with van der Waals surface area (Å²) in [6.07, 6.45) is 5.65. The smallest absolute Gasteiger partial charge is 0.0762 e. The van der Waals surface area contributed by atoms with Crippen LogP contribution in [0.5, 0.6) is 0 Å². The van der Waals surface area contributed by atoms with Crippen molar-refractivity contribution < 1.29 is 0 Å². The molecule has 0 bridgehead atoms. The van der Waals surface area contributed by atoms with Gasteiger partial charge in [-0.25, -0.2) is 0 Å². The molecule has 1 aromatic heterocycles. The highest BCUT2D eigenvalue weighted by Gasteiger charge is 2.35. The number of nitrogens with one attached hydrogen (secondary N) is 1. The number of hydrogen-bond donors (Lipinski definition) is 1. The van der Waals surface area contributed by atoms with Crippen LogP contribution in [0.1, 0.15) is 25.0 Å². The highest BCUT2D eigenvalue weighted by atomic mass is 35.5. The maximum atomic E-state index is 5.94. The SMILES string of the molecule is Cn1ccc(CNC2(CCl)CCC2)n1. The van der Waals surface area contributed by atoms with Crippen LogP contribution in [0, 0.1) is 0 Å². The molecule has 1 aromatic rings. The van der Waals surface area contributed by atoms with E-state index in [1.807, 2.05) is 24.0 Å². The van der Waals surface area contributed by atoms with Gasteiger partial charge in [-0.05, 0) is 25.3 Å². The normalized spacial score (nSPS) is 19.3. The van der Waals surface area contributed by atoms with Gasteiger partial charge in [0.25, 0.3) is 0 Å². The summed E-state index contributed by atoms with van der Waals surface area (Å²) < 4.78 is 1.82. The molecular weight excluding hydrogens is 198 g/mol. The van der Waals surface area contributed by atoms with E-state index in [4.69, 9.17) is 11.6 Å². The third kappa shape index (κ3) is 1.93. The Labute approximate surface area is 89.4 Å². The van der Waals surface area contributed by atoms with Gasteiger partial charge in [0.15, 0.2) is 0 Å². The van der Waals surface area contributed by atoms with Gasteiger partial charge in [0, 0.05) is 31.2 Å². The predicted molar refractivity (Wildman–Crippen MR) is 57.3 cm³/mol. The van der Waals surface area contributed by atoms with Crippen LogP contribution >= 0.6 is 11.6 Å². The Balaban J connectivity index is 1.87. The lowest BCUT2D eigenvalue weighted by molar-refractivity contribution is 0.210. The molecule has 0 radical (unpaired) electrons. The minimum absolute atomic E-state index is 0.194. The Hall–Kier alpha value is -0.540. The van der Waals surface area contributed by atoms with E-state index in [9.17, 15) is 0 Å². The van der Waals surface area contributed by atoms with Crippen LogP contribution < -0.4 is 5.32 Å². The van der Waals surface area contributed by atoms with Crippen molar-refractivity contribution in [1.82, 2.24) is 15.1 Å². The van der Waals surface area contributed by atoms with Crippen molar-refractivity contribution in [3.63, 3.8) is 0 Å². The largest absolute Gasteiger partial charge is 0.304 e. The molecule has 78 valence electrons. The molecule has 1 heterocycles. The summed E-state index contributed by atoms with van der Waals surface area (Å²) in [5.41, 5.74) is 1.28. The van der Waals surface area contributed by atoms with Gasteiger partial charge >= 0.3 is 0 Å². The quantitative estimate of drug-likeness (QED) is 0.772. The summed E-state index contributed by atoms with van der Waals surface area (Å²) in [7, 11) is 1.93. The molecule has 0 aliphatic heterocycles. The second-order valence-corrected chi connectivity index (χ2v) is 4.37. The fourth-order valence-electron chi connectivity index (χ4n) is 1.80. The molecule has 4 heteroatoms. The lowest BCUT2D eigenvalue weighted by Crippen LogP contribution is -2.52. The molecule has 1 aliphatic rings. The summed E-state index contributed by atoms with van der Waals surface area (Å²) in [6.45, 7) is 0.827. The number of nitrogens with zero attached hydrogens (tertiary/aromatic N) is 2. The molecule has 0 spiro atoms. The molecule has 1 fully saturated rings. The number of hydrogen-bond acceptors (Lipinski definition) is 2. The van der Waals surface area contributed by atoms with Crippen molar-refractivity contribution in [2.45, 2.75) is 31.3 Å². The zero-order chi connectivity index (χ0) is 10.0. The highest BCUT2D eigenvalue weighted by molar-refractivity contribution is 6.18. The van der Waals surface area contributed by atoms with E-state index >= 15 is 0 Å². The molecule has 0 amide bonds. The molecule has 3 nitrogen and oxygen atoms in total. The van der Waals surface area contributed by atoms with Crippen molar-refractivity contribution in [3.8, 4) is 0 Å². The standard InChI is InChI=1S/C10H16ClN3/c1-14-6-3-9(13-14)7-12-10(8-11)4-2-5-10/h3,6,12H,2,4-5,7-8H2,1H3. The average Bonchev–Trinajstić information content (AvgIpc) is 2.50. The van der Waals surface area contributed by atoms with E-state index < -0.39 is 0 Å². The number of alkyl halides is 1. The highest BCUT2D eigenvalue weighted by Crippen LogP contribution is 2.32. The third-order valence-corrected chi connectivity index (χ3v) is 3.49. The molecule has 0 unspecified atom stereocenters. The molecule has 1 saturated carbocycles. The first-order valence-electron chi connectivity index (χ1n) is 5.04. The van der Waals surface area contributed by atoms with E-state index in [-0.39, 0.29) is 5.54 Å². The first-order valence-corrected chi connectivity index (χ1v) is 5.57. The van der Waals surface area contributed by atoms with Crippen LogP contribution in [-0.4, -0.2) is 21.2 Å². The molecule has 1 aliphatic carbocycles. The van der Waals surface area contributed by atoms with Crippen LogP contribution in [0.2, 0.25) is 0 Å². The fraction of sp³-hybridized carbons (Fsp3) is 0.700. The van der Waals surface area contributed by atoms with E-state index in [0.29, 0.717) is 5.88 Å². The molecule has 2 rings (SSSR count). The third-order valence-electron chi connectivity index (χ3n) is 2.98. The second kappa shape index (κ2) is 3.91. The topological polar surface area (TPSA) is 29.9 Å². The van der Waals surface area contributed by atoms with E-state index in [1.54, 1.807) is 0 Å². The zero-order valence-electron chi connectivity index (χ0n) is 8.46. The van der Waals surface area contributed by atoms with Crippen LogP contribution in [-0.2, 0) is 13.6 Å². The van der Waals surface area contributed by atoms with Gasteiger partial charge in [-0.1, -0.05) is 0 Å². The number of rotatable bonds is 4. The Morgan fingerprint density at radius 3 is 2.86 bits per heavy atom. The molecule has 0 saturated heterocycles. The Bertz CT molecular complexity index is 299. The van der Waals surface area contributed by atoms with Crippen LogP contribution in [0.4, 0.5) is 0 Å². The van der Waals surface area contributed by atoms with Gasteiger partial charge in [0.2, 0.25) is 0 Å². The van der Waals surface area contributed by atoms with Gasteiger partial charge in [-0.15, -0.1) is 11.6 Å². The fourth-order valence-corrected chi connectivity index (χ4v) is 2.16. The van der Waals surface area contributed by atoms with Crippen molar-refractivity contribution in [2.24, 2.45) is 7.05 Å². The van der Waals surface area contributed by atoms with E-state index in [0.717, 1.165) is 12.2 Å². The Kier molecular flexibility index (Phi) is 2.79. The molecule has 0 atom stereocenters. The van der Waals surface area contributed by atoms with Gasteiger partial charge in [0.1, 0.15) is 0 Å². The van der Waals surface area contributed by atoms with Crippen molar-refractivity contribution in [1.29, 1.82) is 0 Å². The summed E-state index contributed by atoms with van der Waals surface area (Å²) in [4.78, 5) is 0. The monoisotopic (exact) mass is 213 g/mol. The lowest BCUT2D eigenvalue weighted by Gasteiger charge is -2.41. The lowest BCUT2D eigenvalue weighted by atomic mass is 9.78. The average molecular weight is 214 g/mol. The first-order chi connectivity index (χ1) is 6.74. The maximum absolute atomic E-state index is 5.94. The van der Waals surface area contributed by atoms with Crippen LogP contribution in [0.3, 0.4) is 0 Å². The zero-order valence-corrected chi connectivity index (χ0v) is 9.22. The summed E-state index contributed by atoms with van der Waals surface area (Å²) in [5.74, 6) is 0.708. The van der Waals surface area contributed by atoms with Gasteiger partial charge in [0.05, 0.1) is 5.69 Å². The molecule has 0 aromatic carbocycles. The number of halogens is 1. The van der Waals surface area contributed by atoms with Gasteiger partial charge in [-0.2, -0.15) is 5.10 Å². The van der Waals surface area contributed by atoms with Crippen molar-refractivity contribution in [3.05, 3.63) is 18.0 Å². The van der Waals surface area contributed by atoms with Gasteiger partial charge in [-0.3, -0.25) is 4.68 Å². The predicted octanol–water partition coefficient (Wildman–Crippen LogP) is 1.67. The van der Waals surface area contributed by atoms with E-state index in [2.05, 4.69) is 10.4 Å². The van der Waals surface area contributed by atoms with Crippen molar-refractivity contribution >= 4 is 11.6 Å². The van der Waals surface area contributed by atoms with Crippen molar-refractivity contribution in [2.75, 3.05) is 5.88 Å². The maximum Gasteiger partial charge on any atom is 0.0762 e. The summed E-state index contributed by atoms with van der Waals surface area (Å²) in [5, 5.41) is 7.82. The minimum Gasteiger partial charge on any atom is -0.304 e. The minimum atomic E-state index is 0.194. The summed E-state index contributed by atoms with van der Waals surface area (Å²) >= 11 is 5.94. The van der Waals surface area contributed by atoms with Gasteiger partial charge < -0.3 is 5.32 Å². The summed E-state index contributed by atoms with van der Waals surface area (Å²) in [6, 6.07) is 2.04. The molecule has 1 N–H and O–H groups in total. The molecule has 14 heavy (non-hydrogen) atoms. The van der Waals surface area contributed by atoms with Crippen LogP contribution in [0.25, 0.3) is 0 Å². The van der Waals surface area contributed by atoms with Crippen LogP contribution in [0.15, 0.2) is 12.3 Å². The Morgan fingerprint density at radius 2 is 2.43 bits per heavy atom. The number of aromatic nitrogens is 2.